The predicted octanol–water partition coefficient (Wildman–Crippen LogP) is 0.376. The third kappa shape index (κ3) is 4.08. The fourth-order valence-corrected chi connectivity index (χ4v) is 4.09. The number of aromatic hydroxyl groups is 2. The van der Waals surface area contributed by atoms with Crippen molar-refractivity contribution in [2.75, 3.05) is 20.8 Å². The minimum atomic E-state index is -1.79. The first kappa shape index (κ1) is 25.5. The molecule has 12 nitrogen and oxygen atoms in total. The Morgan fingerprint density at radius 3 is 2.14 bits per heavy atom. The molecule has 0 amide bonds. The Kier molecular flexibility index (Phi) is 6.98. The summed E-state index contributed by atoms with van der Waals surface area (Å²) < 4.78 is 27.8. The predicted molar refractivity (Wildman–Crippen MR) is 123 cm³/mol. The van der Waals surface area contributed by atoms with E-state index in [0.717, 1.165) is 0 Å². The van der Waals surface area contributed by atoms with Gasteiger partial charge in [-0.15, -0.1) is 0 Å². The molecule has 1 saturated heterocycles. The second kappa shape index (κ2) is 9.84. The van der Waals surface area contributed by atoms with Crippen LogP contribution in [0.4, 0.5) is 0 Å². The summed E-state index contributed by atoms with van der Waals surface area (Å²) in [6.07, 6.45) is -8.11. The molecule has 36 heavy (non-hydrogen) atoms. The van der Waals surface area contributed by atoms with Gasteiger partial charge in [0.05, 0.1) is 20.8 Å². The molecule has 0 saturated carbocycles. The van der Waals surface area contributed by atoms with E-state index in [1.807, 2.05) is 0 Å². The molecule has 0 radical (unpaired) electrons. The molecule has 0 bridgehead atoms. The molecule has 194 valence electrons. The number of aliphatic hydroxyl groups excluding tert-OH is 4. The Morgan fingerprint density at radius 1 is 0.917 bits per heavy atom. The molecule has 1 aromatic heterocycles. The lowest BCUT2D eigenvalue weighted by atomic mass is 9.99. The van der Waals surface area contributed by atoms with Crippen LogP contribution in [0.5, 0.6) is 28.7 Å². The minimum absolute atomic E-state index is 0.0204. The van der Waals surface area contributed by atoms with Crippen molar-refractivity contribution >= 4 is 11.0 Å². The van der Waals surface area contributed by atoms with E-state index in [9.17, 15) is 35.4 Å². The average molecular weight is 506 g/mol. The molecule has 12 heteroatoms. The van der Waals surface area contributed by atoms with Crippen molar-refractivity contribution < 1.29 is 54.0 Å². The second-order valence-corrected chi connectivity index (χ2v) is 8.20. The number of rotatable bonds is 6. The quantitative estimate of drug-likeness (QED) is 0.270. The van der Waals surface area contributed by atoms with Crippen LogP contribution in [0.3, 0.4) is 0 Å². The van der Waals surface area contributed by atoms with Crippen molar-refractivity contribution in [3.8, 4) is 40.1 Å². The summed E-state index contributed by atoms with van der Waals surface area (Å²) in [4.78, 5) is 13.5. The smallest absolute Gasteiger partial charge is 0.239 e. The van der Waals surface area contributed by atoms with Crippen LogP contribution in [0, 0.1) is 6.92 Å². The summed E-state index contributed by atoms with van der Waals surface area (Å²) in [5.74, 6) is -1.22. The van der Waals surface area contributed by atoms with Crippen molar-refractivity contribution in [1.82, 2.24) is 0 Å². The first-order chi connectivity index (χ1) is 17.1. The Hall–Kier alpha value is -3.55. The van der Waals surface area contributed by atoms with E-state index < -0.39 is 54.2 Å². The van der Waals surface area contributed by atoms with Crippen LogP contribution in [-0.2, 0) is 4.74 Å². The van der Waals surface area contributed by atoms with Gasteiger partial charge in [0, 0.05) is 11.1 Å². The van der Waals surface area contributed by atoms with Crippen LogP contribution in [0.15, 0.2) is 33.5 Å². The SMILES string of the molecule is COc1c(-c2ccc(O)cc2)oc2c(O[C@@H]3O[C@H](CO)[C@@H](O)[C@H](O)[C@H]3O)c(O)c(C)c(OC)c2c1=O. The summed E-state index contributed by atoms with van der Waals surface area (Å²) in [6, 6.07) is 5.70. The summed E-state index contributed by atoms with van der Waals surface area (Å²) >= 11 is 0. The molecule has 1 aliphatic rings. The maximum absolute atomic E-state index is 13.5. The second-order valence-electron chi connectivity index (χ2n) is 8.20. The fraction of sp³-hybridized carbons (Fsp3) is 0.375. The third-order valence-corrected chi connectivity index (χ3v) is 6.04. The number of phenols is 2. The lowest BCUT2D eigenvalue weighted by molar-refractivity contribution is -0.277. The zero-order valence-electron chi connectivity index (χ0n) is 19.5. The van der Waals surface area contributed by atoms with Crippen LogP contribution < -0.4 is 19.6 Å². The van der Waals surface area contributed by atoms with Gasteiger partial charge in [-0.1, -0.05) is 0 Å². The molecule has 2 heterocycles. The fourth-order valence-electron chi connectivity index (χ4n) is 4.09. The van der Waals surface area contributed by atoms with Crippen molar-refractivity contribution in [2.24, 2.45) is 0 Å². The van der Waals surface area contributed by atoms with Gasteiger partial charge in [0.15, 0.2) is 17.1 Å². The molecule has 0 spiro atoms. The first-order valence-corrected chi connectivity index (χ1v) is 10.8. The van der Waals surface area contributed by atoms with E-state index in [-0.39, 0.29) is 39.5 Å². The van der Waals surface area contributed by atoms with E-state index in [1.54, 1.807) is 0 Å². The highest BCUT2D eigenvalue weighted by molar-refractivity contribution is 5.95. The van der Waals surface area contributed by atoms with E-state index in [0.29, 0.717) is 5.56 Å². The van der Waals surface area contributed by atoms with Crippen molar-refractivity contribution in [3.05, 3.63) is 40.1 Å². The van der Waals surface area contributed by atoms with Gasteiger partial charge in [-0.25, -0.2) is 0 Å². The monoisotopic (exact) mass is 506 g/mol. The molecule has 1 fully saturated rings. The number of fused-ring (bicyclic) bond motifs is 1. The number of hydrogen-bond acceptors (Lipinski definition) is 12. The van der Waals surface area contributed by atoms with Crippen molar-refractivity contribution in [1.29, 1.82) is 0 Å². The minimum Gasteiger partial charge on any atom is -0.508 e. The van der Waals surface area contributed by atoms with Crippen LogP contribution in [0.25, 0.3) is 22.3 Å². The van der Waals surface area contributed by atoms with Gasteiger partial charge < -0.3 is 54.0 Å². The molecular weight excluding hydrogens is 480 g/mol. The molecular formula is C24H26O12. The Bertz CT molecular complexity index is 1310. The van der Waals surface area contributed by atoms with Gasteiger partial charge in [-0.2, -0.15) is 0 Å². The molecule has 4 rings (SSSR count). The molecule has 0 aliphatic carbocycles. The number of phenolic OH excluding ortho intramolecular Hbond substituents is 2. The number of hydrogen-bond donors (Lipinski definition) is 6. The van der Waals surface area contributed by atoms with Gasteiger partial charge >= 0.3 is 0 Å². The maximum Gasteiger partial charge on any atom is 0.239 e. The normalized spacial score (nSPS) is 24.0. The van der Waals surface area contributed by atoms with Crippen molar-refractivity contribution in [3.63, 3.8) is 0 Å². The Morgan fingerprint density at radius 2 is 1.56 bits per heavy atom. The zero-order chi connectivity index (χ0) is 26.3. The molecule has 6 N–H and O–H groups in total. The molecule has 3 aromatic rings. The Balaban J connectivity index is 1.98. The van der Waals surface area contributed by atoms with Crippen molar-refractivity contribution in [2.45, 2.75) is 37.6 Å². The lowest BCUT2D eigenvalue weighted by Gasteiger charge is -2.39. The van der Waals surface area contributed by atoms with Gasteiger partial charge in [0.1, 0.15) is 41.3 Å². The van der Waals surface area contributed by atoms with E-state index in [4.69, 9.17) is 23.4 Å². The largest absolute Gasteiger partial charge is 0.508 e. The lowest BCUT2D eigenvalue weighted by Crippen LogP contribution is -2.60. The van der Waals surface area contributed by atoms with Gasteiger partial charge in [0.25, 0.3) is 0 Å². The van der Waals surface area contributed by atoms with Gasteiger partial charge in [-0.3, -0.25) is 4.79 Å². The summed E-state index contributed by atoms with van der Waals surface area (Å²) in [6.45, 7) is 0.754. The van der Waals surface area contributed by atoms with Crippen LogP contribution in [0.1, 0.15) is 5.56 Å². The highest BCUT2D eigenvalue weighted by Crippen LogP contribution is 2.47. The van der Waals surface area contributed by atoms with Gasteiger partial charge in [-0.05, 0) is 31.2 Å². The average Bonchev–Trinajstić information content (AvgIpc) is 2.87. The highest BCUT2D eigenvalue weighted by atomic mass is 16.7. The number of benzene rings is 2. The maximum atomic E-state index is 13.5. The van der Waals surface area contributed by atoms with Gasteiger partial charge in [0.2, 0.25) is 23.2 Å². The Labute approximate surface area is 204 Å². The summed E-state index contributed by atoms with van der Waals surface area (Å²) in [5.41, 5.74) is -0.515. The molecule has 1 aliphatic heterocycles. The third-order valence-electron chi connectivity index (χ3n) is 6.04. The van der Waals surface area contributed by atoms with E-state index >= 15 is 0 Å². The highest BCUT2D eigenvalue weighted by Gasteiger charge is 2.45. The topological polar surface area (TPSA) is 189 Å². The van der Waals surface area contributed by atoms with Crippen LogP contribution >= 0.6 is 0 Å². The zero-order valence-corrected chi connectivity index (χ0v) is 19.5. The molecule has 2 aromatic carbocycles. The summed E-state index contributed by atoms with van der Waals surface area (Å²) in [7, 11) is 2.56. The van der Waals surface area contributed by atoms with Crippen LogP contribution in [-0.4, -0.2) is 82.2 Å². The number of ether oxygens (including phenoxy) is 4. The first-order valence-electron chi connectivity index (χ1n) is 10.8. The standard InChI is InChI=1S/C24H26O12/c1-9-14(27)23(36-24-18(31)17(30)15(28)12(8-25)34-24)21-13(19(9)32-2)16(29)22(33-3)20(35-21)10-4-6-11(26)7-5-10/h4-7,12,15,17-18,24-28,30-31H,8H2,1-3H3/t12-,15-,17+,18-,24+/m1/s1. The molecule has 0 unspecified atom stereocenters. The number of methoxy groups -OCH3 is 2. The van der Waals surface area contributed by atoms with E-state index in [1.165, 1.54) is 45.4 Å². The van der Waals surface area contributed by atoms with Crippen LogP contribution in [0.2, 0.25) is 0 Å². The van der Waals surface area contributed by atoms with E-state index in [2.05, 4.69) is 0 Å². The summed E-state index contributed by atoms with van der Waals surface area (Å²) in [5, 5.41) is 60.5. The number of aliphatic hydroxyl groups is 4. The molecule has 5 atom stereocenters.